The molecule has 1 amide bonds. The van der Waals surface area contributed by atoms with Gasteiger partial charge in [0.2, 0.25) is 15.9 Å². The molecule has 0 spiro atoms. The van der Waals surface area contributed by atoms with Crippen molar-refractivity contribution in [1.82, 2.24) is 4.72 Å². The molecule has 0 unspecified atom stereocenters. The molecule has 160 valence electrons. The smallest absolute Gasteiger partial charge is 0.274 e. The summed E-state index contributed by atoms with van der Waals surface area (Å²) < 4.78 is 38.3. The van der Waals surface area contributed by atoms with Gasteiger partial charge in [0.1, 0.15) is 0 Å². The Morgan fingerprint density at radius 1 is 1.13 bits per heavy atom. The van der Waals surface area contributed by atoms with Crippen LogP contribution in [0.2, 0.25) is 0 Å². The molecule has 0 saturated carbocycles. The first kappa shape index (κ1) is 21.5. The predicted molar refractivity (Wildman–Crippen MR) is 108 cm³/mol. The van der Waals surface area contributed by atoms with Crippen LogP contribution in [0.1, 0.15) is 18.4 Å². The highest BCUT2D eigenvalue weighted by Crippen LogP contribution is 2.31. The number of hydrogen-bond acceptors (Lipinski definition) is 7. The summed E-state index contributed by atoms with van der Waals surface area (Å²) in [5.74, 6) is 0.363. The monoisotopic (exact) mass is 435 g/mol. The number of sulfonamides is 1. The summed E-state index contributed by atoms with van der Waals surface area (Å²) >= 11 is 0. The van der Waals surface area contributed by atoms with Gasteiger partial charge < -0.3 is 14.8 Å². The lowest BCUT2D eigenvalue weighted by Crippen LogP contribution is -2.27. The fourth-order valence-corrected chi connectivity index (χ4v) is 3.85. The Hall–Kier alpha value is -3.18. The third-order valence-corrected chi connectivity index (χ3v) is 5.82. The van der Waals surface area contributed by atoms with Crippen molar-refractivity contribution in [1.29, 1.82) is 0 Å². The molecule has 1 heterocycles. The Bertz CT molecular complexity index is 1070. The summed E-state index contributed by atoms with van der Waals surface area (Å²) in [6, 6.07) is 8.65. The Balaban J connectivity index is 1.58. The minimum atomic E-state index is -3.85. The fraction of sp³-hybridized carbons (Fsp3) is 0.316. The van der Waals surface area contributed by atoms with E-state index < -0.39 is 20.9 Å². The molecule has 10 nitrogen and oxygen atoms in total. The van der Waals surface area contributed by atoms with Crippen LogP contribution < -0.4 is 19.5 Å². The highest BCUT2D eigenvalue weighted by atomic mass is 32.2. The molecule has 3 rings (SSSR count). The summed E-state index contributed by atoms with van der Waals surface area (Å²) in [6.07, 6.45) is 0.555. The van der Waals surface area contributed by atoms with Crippen molar-refractivity contribution in [2.45, 2.75) is 24.7 Å². The number of nitro benzene ring substituents is 1. The molecule has 0 fully saturated rings. The maximum absolute atomic E-state index is 12.5. The molecular weight excluding hydrogens is 414 g/mol. The average Bonchev–Trinajstić information content (AvgIpc) is 2.94. The summed E-state index contributed by atoms with van der Waals surface area (Å²) in [6.45, 7) is 2.38. The van der Waals surface area contributed by atoms with Crippen LogP contribution in [-0.4, -0.2) is 39.0 Å². The molecule has 1 aliphatic heterocycles. The van der Waals surface area contributed by atoms with Gasteiger partial charge in [0, 0.05) is 42.8 Å². The number of nitrogens with zero attached hydrogens (tertiary/aromatic N) is 1. The molecule has 0 aromatic heterocycles. The summed E-state index contributed by atoms with van der Waals surface area (Å²) in [5, 5.41) is 13.5. The van der Waals surface area contributed by atoms with Crippen molar-refractivity contribution >= 4 is 27.3 Å². The molecule has 2 N–H and O–H groups in total. The number of fused-ring (bicyclic) bond motifs is 1. The van der Waals surface area contributed by atoms with Crippen LogP contribution in [0.25, 0.3) is 0 Å². The number of rotatable bonds is 7. The lowest BCUT2D eigenvalue weighted by Gasteiger charge is -2.11. The maximum Gasteiger partial charge on any atom is 0.274 e. The zero-order valence-electron chi connectivity index (χ0n) is 16.2. The fourth-order valence-electron chi connectivity index (χ4n) is 2.80. The van der Waals surface area contributed by atoms with Gasteiger partial charge in [0.15, 0.2) is 11.5 Å². The molecule has 0 saturated heterocycles. The van der Waals surface area contributed by atoms with Gasteiger partial charge in [0.05, 0.1) is 23.0 Å². The van der Waals surface area contributed by atoms with Gasteiger partial charge in [-0.05, 0) is 25.1 Å². The zero-order chi connectivity index (χ0) is 21.7. The SMILES string of the molecule is Cc1ccc(NC(=O)CCNS(=O)(=O)c2ccc3c(c2)OCCCO3)cc1[N+](=O)[O-]. The van der Waals surface area contributed by atoms with Crippen LogP contribution in [-0.2, 0) is 14.8 Å². The van der Waals surface area contributed by atoms with Crippen LogP contribution >= 0.6 is 0 Å². The van der Waals surface area contributed by atoms with Gasteiger partial charge >= 0.3 is 0 Å². The molecule has 30 heavy (non-hydrogen) atoms. The average molecular weight is 435 g/mol. The van der Waals surface area contributed by atoms with Crippen molar-refractivity contribution in [2.24, 2.45) is 0 Å². The Morgan fingerprint density at radius 2 is 1.87 bits per heavy atom. The number of hydrogen-bond donors (Lipinski definition) is 2. The van der Waals surface area contributed by atoms with Gasteiger partial charge in [-0.25, -0.2) is 13.1 Å². The third-order valence-electron chi connectivity index (χ3n) is 4.36. The first-order valence-corrected chi connectivity index (χ1v) is 10.7. The molecule has 1 aliphatic rings. The van der Waals surface area contributed by atoms with Gasteiger partial charge in [0.25, 0.3) is 5.69 Å². The van der Waals surface area contributed by atoms with E-state index in [9.17, 15) is 23.3 Å². The van der Waals surface area contributed by atoms with Gasteiger partial charge in [-0.3, -0.25) is 14.9 Å². The van der Waals surface area contributed by atoms with Crippen molar-refractivity contribution in [3.63, 3.8) is 0 Å². The quantitative estimate of drug-likeness (QED) is 0.503. The molecule has 2 aromatic carbocycles. The highest BCUT2D eigenvalue weighted by molar-refractivity contribution is 7.89. The van der Waals surface area contributed by atoms with Crippen LogP contribution in [0, 0.1) is 17.0 Å². The topological polar surface area (TPSA) is 137 Å². The van der Waals surface area contributed by atoms with E-state index in [-0.39, 0.29) is 29.2 Å². The van der Waals surface area contributed by atoms with E-state index in [4.69, 9.17) is 9.47 Å². The number of nitro groups is 1. The minimum absolute atomic E-state index is 0.00122. The molecular formula is C19H21N3O7S. The molecule has 0 bridgehead atoms. The van der Waals surface area contributed by atoms with E-state index in [1.807, 2.05) is 0 Å². The highest BCUT2D eigenvalue weighted by Gasteiger charge is 2.19. The van der Waals surface area contributed by atoms with Crippen molar-refractivity contribution in [3.8, 4) is 11.5 Å². The normalized spacial score (nSPS) is 13.4. The second-order valence-electron chi connectivity index (χ2n) is 6.61. The number of carbonyl (C=O) groups is 1. The summed E-state index contributed by atoms with van der Waals surface area (Å²) in [4.78, 5) is 22.5. The second-order valence-corrected chi connectivity index (χ2v) is 8.38. The van der Waals surface area contributed by atoms with Crippen LogP contribution in [0.3, 0.4) is 0 Å². The molecule has 0 aliphatic carbocycles. The molecule has 11 heteroatoms. The number of ether oxygens (including phenoxy) is 2. The van der Waals surface area contributed by atoms with E-state index in [1.165, 1.54) is 30.3 Å². The maximum atomic E-state index is 12.5. The van der Waals surface area contributed by atoms with E-state index >= 15 is 0 Å². The van der Waals surface area contributed by atoms with E-state index in [0.717, 1.165) is 0 Å². The number of amides is 1. The zero-order valence-corrected chi connectivity index (χ0v) is 17.0. The number of carbonyl (C=O) groups excluding carboxylic acids is 1. The third kappa shape index (κ3) is 5.24. The summed E-state index contributed by atoms with van der Waals surface area (Å²) in [7, 11) is -3.85. The van der Waals surface area contributed by atoms with Crippen LogP contribution in [0.15, 0.2) is 41.3 Å². The Labute approximate surface area is 173 Å². The molecule has 0 atom stereocenters. The second kappa shape index (κ2) is 9.09. The standard InChI is InChI=1S/C19H21N3O7S/c1-13-3-4-14(11-16(13)22(24)25)21-19(23)7-8-20-30(26,27)15-5-6-17-18(12-15)29-10-2-9-28-17/h3-6,11-12,20H,2,7-10H2,1H3,(H,21,23). The summed E-state index contributed by atoms with van der Waals surface area (Å²) in [5.41, 5.74) is 0.631. The van der Waals surface area contributed by atoms with Gasteiger partial charge in [-0.1, -0.05) is 6.07 Å². The molecule has 0 radical (unpaired) electrons. The number of anilines is 1. The molecule has 2 aromatic rings. The van der Waals surface area contributed by atoms with E-state index in [0.29, 0.717) is 36.7 Å². The first-order valence-electron chi connectivity index (χ1n) is 9.20. The van der Waals surface area contributed by atoms with Gasteiger partial charge in [-0.2, -0.15) is 0 Å². The van der Waals surface area contributed by atoms with Crippen molar-refractivity contribution in [3.05, 3.63) is 52.1 Å². The number of aryl methyl sites for hydroxylation is 1. The first-order chi connectivity index (χ1) is 14.3. The van der Waals surface area contributed by atoms with Crippen molar-refractivity contribution in [2.75, 3.05) is 25.1 Å². The lowest BCUT2D eigenvalue weighted by molar-refractivity contribution is -0.385. The Kier molecular flexibility index (Phi) is 6.53. The van der Waals surface area contributed by atoms with Crippen LogP contribution in [0.5, 0.6) is 11.5 Å². The Morgan fingerprint density at radius 3 is 2.60 bits per heavy atom. The lowest BCUT2D eigenvalue weighted by atomic mass is 10.2. The number of benzene rings is 2. The predicted octanol–water partition coefficient (Wildman–Crippen LogP) is 2.37. The largest absolute Gasteiger partial charge is 0.490 e. The van der Waals surface area contributed by atoms with E-state index in [2.05, 4.69) is 10.0 Å². The van der Waals surface area contributed by atoms with E-state index in [1.54, 1.807) is 13.0 Å². The van der Waals surface area contributed by atoms with Gasteiger partial charge in [-0.15, -0.1) is 0 Å². The minimum Gasteiger partial charge on any atom is -0.490 e. The van der Waals surface area contributed by atoms with Crippen molar-refractivity contribution < 1.29 is 27.6 Å². The van der Waals surface area contributed by atoms with Crippen LogP contribution in [0.4, 0.5) is 11.4 Å². The number of nitrogens with one attached hydrogen (secondary N) is 2.